The lowest BCUT2D eigenvalue weighted by atomic mass is 10.1. The van der Waals surface area contributed by atoms with Crippen LogP contribution >= 0.6 is 0 Å². The van der Waals surface area contributed by atoms with Crippen molar-refractivity contribution in [2.75, 3.05) is 63.4 Å². The van der Waals surface area contributed by atoms with Gasteiger partial charge in [-0.05, 0) is 44.2 Å². The van der Waals surface area contributed by atoms with Gasteiger partial charge in [-0.3, -0.25) is 0 Å². The molecule has 34 heavy (non-hydrogen) atoms. The highest BCUT2D eigenvalue weighted by molar-refractivity contribution is 5.90. The van der Waals surface area contributed by atoms with Crippen LogP contribution < -0.4 is 19.3 Å². The maximum atomic E-state index is 5.93. The van der Waals surface area contributed by atoms with Gasteiger partial charge in [0.15, 0.2) is 17.1 Å². The Hall–Kier alpha value is -3.17. The Morgan fingerprint density at radius 3 is 2.29 bits per heavy atom. The zero-order valence-electron chi connectivity index (χ0n) is 20.2. The first-order valence-corrected chi connectivity index (χ1v) is 11.7. The second-order valence-electron chi connectivity index (χ2n) is 8.75. The molecule has 2 unspecified atom stereocenters. The summed E-state index contributed by atoms with van der Waals surface area (Å²) in [5.74, 6) is 2.94. The third kappa shape index (κ3) is 4.45. The first-order valence-electron chi connectivity index (χ1n) is 11.7. The summed E-state index contributed by atoms with van der Waals surface area (Å²) in [6.07, 6.45) is 0.224. The van der Waals surface area contributed by atoms with Crippen molar-refractivity contribution in [3.05, 3.63) is 30.3 Å². The zero-order valence-corrected chi connectivity index (χ0v) is 20.2. The van der Waals surface area contributed by atoms with Crippen molar-refractivity contribution >= 4 is 22.8 Å². The Morgan fingerprint density at radius 1 is 0.853 bits per heavy atom. The molecule has 2 atom stereocenters. The highest BCUT2D eigenvalue weighted by Crippen LogP contribution is 2.34. The van der Waals surface area contributed by atoms with E-state index in [2.05, 4.69) is 29.7 Å². The summed E-state index contributed by atoms with van der Waals surface area (Å²) < 4.78 is 22.4. The number of anilines is 2. The molecular weight excluding hydrogens is 434 g/mol. The lowest BCUT2D eigenvalue weighted by Gasteiger charge is -2.36. The summed E-state index contributed by atoms with van der Waals surface area (Å²) in [7, 11) is 3.26. The van der Waals surface area contributed by atoms with Crippen LogP contribution in [0.5, 0.6) is 11.5 Å². The molecule has 2 aliphatic heterocycles. The molecule has 2 aliphatic rings. The van der Waals surface area contributed by atoms with Crippen molar-refractivity contribution in [2.45, 2.75) is 26.1 Å². The highest BCUT2D eigenvalue weighted by atomic mass is 16.5. The number of benzene rings is 1. The number of methoxy groups -OCH3 is 2. The van der Waals surface area contributed by atoms with Crippen molar-refractivity contribution in [3.63, 3.8) is 0 Å². The average Bonchev–Trinajstić information content (AvgIpc) is 2.87. The van der Waals surface area contributed by atoms with Crippen LogP contribution in [0, 0.1) is 0 Å². The van der Waals surface area contributed by atoms with Crippen molar-refractivity contribution in [2.24, 2.45) is 0 Å². The topological polar surface area (TPSA) is 82.1 Å². The molecule has 0 radical (unpaired) electrons. The molecule has 3 aromatic rings. The molecule has 2 aromatic heterocycles. The fourth-order valence-electron chi connectivity index (χ4n) is 4.64. The van der Waals surface area contributed by atoms with Gasteiger partial charge in [-0.25, -0.2) is 4.98 Å². The van der Waals surface area contributed by atoms with Crippen LogP contribution in [0.15, 0.2) is 30.3 Å². The van der Waals surface area contributed by atoms with E-state index in [1.807, 2.05) is 24.3 Å². The summed E-state index contributed by atoms with van der Waals surface area (Å²) in [5, 5.41) is 0.934. The van der Waals surface area contributed by atoms with Crippen LogP contribution in [-0.4, -0.2) is 80.8 Å². The smallest absolute Gasteiger partial charge is 0.229 e. The second kappa shape index (κ2) is 9.60. The Labute approximate surface area is 199 Å². The van der Waals surface area contributed by atoms with Gasteiger partial charge >= 0.3 is 0 Å². The van der Waals surface area contributed by atoms with E-state index in [0.717, 1.165) is 48.6 Å². The van der Waals surface area contributed by atoms with E-state index in [9.17, 15) is 0 Å². The van der Waals surface area contributed by atoms with E-state index in [1.165, 1.54) is 0 Å². The number of pyridine rings is 1. The van der Waals surface area contributed by atoms with Crippen molar-refractivity contribution < 1.29 is 18.9 Å². The molecule has 2 fully saturated rings. The number of morpholine rings is 2. The van der Waals surface area contributed by atoms with Crippen LogP contribution in [0.3, 0.4) is 0 Å². The van der Waals surface area contributed by atoms with Gasteiger partial charge in [-0.1, -0.05) is 0 Å². The molecule has 9 nitrogen and oxygen atoms in total. The Kier molecular flexibility index (Phi) is 6.38. The standard InChI is InChI=1S/C25H31N5O4/c1-16-14-30(15-17(2)34-16)25-27-23-19(24(28-25)29-9-11-33-12-10-29)6-7-20(26-23)18-5-8-21(31-3)22(13-18)32-4/h5-8,13,16-17H,9-12,14-15H2,1-4H3. The summed E-state index contributed by atoms with van der Waals surface area (Å²) in [6.45, 7) is 8.60. The molecule has 0 N–H and O–H groups in total. The molecule has 9 heteroatoms. The van der Waals surface area contributed by atoms with Gasteiger partial charge < -0.3 is 28.7 Å². The van der Waals surface area contributed by atoms with Gasteiger partial charge in [0.05, 0.1) is 50.7 Å². The van der Waals surface area contributed by atoms with E-state index in [-0.39, 0.29) is 12.2 Å². The number of nitrogens with zero attached hydrogens (tertiary/aromatic N) is 5. The molecule has 5 rings (SSSR count). The number of ether oxygens (including phenoxy) is 4. The van der Waals surface area contributed by atoms with Crippen LogP contribution in [0.4, 0.5) is 11.8 Å². The fourth-order valence-corrected chi connectivity index (χ4v) is 4.64. The van der Waals surface area contributed by atoms with E-state index < -0.39 is 0 Å². The van der Waals surface area contributed by atoms with Gasteiger partial charge in [0, 0.05) is 31.7 Å². The van der Waals surface area contributed by atoms with Crippen LogP contribution in [0.25, 0.3) is 22.3 Å². The third-order valence-corrected chi connectivity index (χ3v) is 6.22. The average molecular weight is 466 g/mol. The van der Waals surface area contributed by atoms with E-state index in [4.69, 9.17) is 33.9 Å². The molecule has 4 heterocycles. The number of hydrogen-bond donors (Lipinski definition) is 0. The van der Waals surface area contributed by atoms with Crippen molar-refractivity contribution in [1.82, 2.24) is 15.0 Å². The van der Waals surface area contributed by atoms with Crippen LogP contribution in [-0.2, 0) is 9.47 Å². The number of rotatable bonds is 5. The molecule has 1 aromatic carbocycles. The van der Waals surface area contributed by atoms with Gasteiger partial charge in [0.1, 0.15) is 5.82 Å². The Bertz CT molecular complexity index is 1160. The SMILES string of the molecule is COc1ccc(-c2ccc3c(N4CCOCC4)nc(N4CC(C)OC(C)C4)nc3n2)cc1OC. The van der Waals surface area contributed by atoms with Gasteiger partial charge in [0.25, 0.3) is 0 Å². The van der Waals surface area contributed by atoms with E-state index >= 15 is 0 Å². The van der Waals surface area contributed by atoms with Crippen LogP contribution in [0.2, 0.25) is 0 Å². The highest BCUT2D eigenvalue weighted by Gasteiger charge is 2.26. The van der Waals surface area contributed by atoms with E-state index in [0.29, 0.717) is 36.3 Å². The molecule has 2 saturated heterocycles. The summed E-state index contributed by atoms with van der Waals surface area (Å²) in [4.78, 5) is 19.4. The number of fused-ring (bicyclic) bond motifs is 1. The minimum absolute atomic E-state index is 0.112. The quantitative estimate of drug-likeness (QED) is 0.564. The maximum absolute atomic E-state index is 5.93. The number of hydrogen-bond acceptors (Lipinski definition) is 9. The molecule has 180 valence electrons. The summed E-state index contributed by atoms with van der Waals surface area (Å²) >= 11 is 0. The maximum Gasteiger partial charge on any atom is 0.229 e. The van der Waals surface area contributed by atoms with Crippen LogP contribution in [0.1, 0.15) is 13.8 Å². The largest absolute Gasteiger partial charge is 0.493 e. The van der Waals surface area contributed by atoms with Gasteiger partial charge in [-0.15, -0.1) is 0 Å². The fraction of sp³-hybridized carbons (Fsp3) is 0.480. The molecule has 0 aliphatic carbocycles. The number of aromatic nitrogens is 3. The summed E-state index contributed by atoms with van der Waals surface area (Å²) in [6, 6.07) is 9.87. The van der Waals surface area contributed by atoms with Gasteiger partial charge in [0.2, 0.25) is 5.95 Å². The normalized spacial score (nSPS) is 21.1. The first kappa shape index (κ1) is 22.6. The monoisotopic (exact) mass is 465 g/mol. The molecule has 0 bridgehead atoms. The molecule has 0 saturated carbocycles. The lowest BCUT2D eigenvalue weighted by molar-refractivity contribution is -0.00570. The Balaban J connectivity index is 1.61. The predicted molar refractivity (Wildman–Crippen MR) is 131 cm³/mol. The summed E-state index contributed by atoms with van der Waals surface area (Å²) in [5.41, 5.74) is 2.42. The van der Waals surface area contributed by atoms with E-state index in [1.54, 1.807) is 14.2 Å². The molecular formula is C25H31N5O4. The minimum atomic E-state index is 0.112. The second-order valence-corrected chi connectivity index (χ2v) is 8.75. The van der Waals surface area contributed by atoms with Crippen molar-refractivity contribution in [1.29, 1.82) is 0 Å². The predicted octanol–water partition coefficient (Wildman–Crippen LogP) is 3.16. The van der Waals surface area contributed by atoms with Crippen molar-refractivity contribution in [3.8, 4) is 22.8 Å². The molecule has 0 spiro atoms. The minimum Gasteiger partial charge on any atom is -0.493 e. The lowest BCUT2D eigenvalue weighted by Crippen LogP contribution is -2.46. The Morgan fingerprint density at radius 2 is 1.59 bits per heavy atom. The third-order valence-electron chi connectivity index (χ3n) is 6.22. The zero-order chi connectivity index (χ0) is 23.7. The first-order chi connectivity index (χ1) is 16.6. The van der Waals surface area contributed by atoms with Gasteiger partial charge in [-0.2, -0.15) is 9.97 Å². The molecule has 0 amide bonds.